The number of esters is 1. The molecule has 5 rings (SSSR count). The van der Waals surface area contributed by atoms with E-state index in [1.54, 1.807) is 25.3 Å². The number of H-pyrrole nitrogens is 1. The van der Waals surface area contributed by atoms with Crippen LogP contribution in [0.1, 0.15) is 18.3 Å². The maximum Gasteiger partial charge on any atom is 0.330 e. The summed E-state index contributed by atoms with van der Waals surface area (Å²) in [7, 11) is 0. The maximum atomic E-state index is 13.6. The number of imidazole rings is 1. The number of halogens is 2. The summed E-state index contributed by atoms with van der Waals surface area (Å²) >= 11 is 5.94. The molecule has 0 amide bonds. The van der Waals surface area contributed by atoms with Crippen molar-refractivity contribution in [2.24, 2.45) is 0 Å². The zero-order chi connectivity index (χ0) is 27.9. The Morgan fingerprint density at radius 1 is 1.10 bits per heavy atom. The number of hydrogen-bond acceptors (Lipinski definition) is 7. The van der Waals surface area contributed by atoms with Gasteiger partial charge in [-0.15, -0.1) is 0 Å². The molecule has 0 atom stereocenters. The molecule has 3 aromatic carbocycles. The van der Waals surface area contributed by atoms with Crippen LogP contribution >= 0.6 is 11.6 Å². The van der Waals surface area contributed by atoms with Crippen LogP contribution < -0.4 is 10.6 Å². The molecule has 5 aromatic rings. The summed E-state index contributed by atoms with van der Waals surface area (Å²) in [6, 6.07) is 19.9. The second kappa shape index (κ2) is 12.4. The molecule has 0 radical (unpaired) electrons. The minimum atomic E-state index is -0.506. The van der Waals surface area contributed by atoms with Crippen LogP contribution in [0.4, 0.5) is 21.8 Å². The second-order valence-electron chi connectivity index (χ2n) is 8.80. The monoisotopic (exact) mass is 556 g/mol. The summed E-state index contributed by atoms with van der Waals surface area (Å²) in [4.78, 5) is 28.9. The SMILES string of the molecule is CCOC(=O)/C=C/c1cccc(-c2cnc(Nc3ccc(F)c(Cl)c3)nc2NCCc2nc3ccccc3[nH]2)c1. The van der Waals surface area contributed by atoms with Crippen molar-refractivity contribution in [2.45, 2.75) is 13.3 Å². The Balaban J connectivity index is 1.41. The van der Waals surface area contributed by atoms with E-state index in [-0.39, 0.29) is 5.02 Å². The van der Waals surface area contributed by atoms with Crippen molar-refractivity contribution in [3.05, 3.63) is 101 Å². The first-order chi connectivity index (χ1) is 19.5. The fourth-order valence-electron chi connectivity index (χ4n) is 4.08. The Bertz CT molecular complexity index is 1650. The standard InChI is InChI=1S/C30H26ClFN6O2/c1-2-40-28(39)13-10-19-6-5-7-20(16-19)22-18-34-30(35-21-11-12-24(32)23(31)17-21)38-29(22)33-15-14-27-36-25-8-3-4-9-26(25)37-27/h3-13,16-18H,2,14-15H2,1H3,(H,36,37)(H2,33,34,35,38)/b13-10+. The highest BCUT2D eigenvalue weighted by atomic mass is 35.5. The summed E-state index contributed by atoms with van der Waals surface area (Å²) in [6.07, 6.45) is 5.44. The first-order valence-corrected chi connectivity index (χ1v) is 13.1. The number of nitrogens with zero attached hydrogens (tertiary/aromatic N) is 3. The topological polar surface area (TPSA) is 105 Å². The van der Waals surface area contributed by atoms with E-state index in [1.807, 2.05) is 48.5 Å². The molecule has 0 saturated heterocycles. The van der Waals surface area contributed by atoms with Gasteiger partial charge < -0.3 is 20.4 Å². The summed E-state index contributed by atoms with van der Waals surface area (Å²) in [5, 5.41) is 6.49. The molecule has 0 aliphatic heterocycles. The first kappa shape index (κ1) is 26.8. The van der Waals surface area contributed by atoms with Crippen molar-refractivity contribution in [2.75, 3.05) is 23.8 Å². The lowest BCUT2D eigenvalue weighted by atomic mass is 10.0. The van der Waals surface area contributed by atoms with Crippen molar-refractivity contribution in [3.63, 3.8) is 0 Å². The van der Waals surface area contributed by atoms with Gasteiger partial charge in [-0.1, -0.05) is 41.9 Å². The molecule has 0 saturated carbocycles. The van der Waals surface area contributed by atoms with Crippen LogP contribution in [-0.4, -0.2) is 39.1 Å². The molecule has 40 heavy (non-hydrogen) atoms. The van der Waals surface area contributed by atoms with E-state index in [1.165, 1.54) is 18.2 Å². The normalized spacial score (nSPS) is 11.2. The largest absolute Gasteiger partial charge is 0.463 e. The molecule has 0 aliphatic carbocycles. The van der Waals surface area contributed by atoms with Gasteiger partial charge in [0.2, 0.25) is 5.95 Å². The molecule has 3 N–H and O–H groups in total. The average molecular weight is 557 g/mol. The lowest BCUT2D eigenvalue weighted by Crippen LogP contribution is -2.10. The molecular formula is C30H26ClFN6O2. The van der Waals surface area contributed by atoms with E-state index in [0.717, 1.165) is 33.5 Å². The van der Waals surface area contributed by atoms with Gasteiger partial charge in [-0.2, -0.15) is 4.98 Å². The lowest BCUT2D eigenvalue weighted by molar-refractivity contribution is -0.137. The molecule has 0 aliphatic rings. The van der Waals surface area contributed by atoms with Gasteiger partial charge >= 0.3 is 5.97 Å². The Kier molecular flexibility index (Phi) is 8.32. The van der Waals surface area contributed by atoms with Gasteiger partial charge in [0, 0.05) is 36.5 Å². The van der Waals surface area contributed by atoms with E-state index >= 15 is 0 Å². The molecular weight excluding hydrogens is 531 g/mol. The Hall–Kier alpha value is -4.76. The highest BCUT2D eigenvalue weighted by molar-refractivity contribution is 6.31. The van der Waals surface area contributed by atoms with Crippen molar-refractivity contribution in [3.8, 4) is 11.1 Å². The number of fused-ring (bicyclic) bond motifs is 1. The number of aromatic nitrogens is 4. The van der Waals surface area contributed by atoms with Gasteiger partial charge in [0.15, 0.2) is 0 Å². The third-order valence-electron chi connectivity index (χ3n) is 5.95. The van der Waals surface area contributed by atoms with Crippen LogP contribution in [0.25, 0.3) is 28.2 Å². The molecule has 0 spiro atoms. The van der Waals surface area contributed by atoms with Crippen LogP contribution in [0.2, 0.25) is 5.02 Å². The van der Waals surface area contributed by atoms with Crippen LogP contribution in [0, 0.1) is 5.82 Å². The lowest BCUT2D eigenvalue weighted by Gasteiger charge is -2.14. The van der Waals surface area contributed by atoms with Gasteiger partial charge in [0.1, 0.15) is 17.5 Å². The van der Waals surface area contributed by atoms with Crippen molar-refractivity contribution < 1.29 is 13.9 Å². The van der Waals surface area contributed by atoms with E-state index in [4.69, 9.17) is 21.3 Å². The third-order valence-corrected chi connectivity index (χ3v) is 6.24. The summed E-state index contributed by atoms with van der Waals surface area (Å²) < 4.78 is 18.6. The van der Waals surface area contributed by atoms with E-state index in [2.05, 4.69) is 25.6 Å². The van der Waals surface area contributed by atoms with Crippen LogP contribution in [0.5, 0.6) is 0 Å². The van der Waals surface area contributed by atoms with Gasteiger partial charge in [0.25, 0.3) is 0 Å². The fraction of sp³-hybridized carbons (Fsp3) is 0.133. The number of carbonyl (C=O) groups is 1. The Morgan fingerprint density at radius 3 is 2.80 bits per heavy atom. The van der Waals surface area contributed by atoms with Crippen molar-refractivity contribution >= 4 is 52.1 Å². The number of anilines is 3. The summed E-state index contributed by atoms with van der Waals surface area (Å²) in [5.74, 6) is 0.855. The zero-order valence-electron chi connectivity index (χ0n) is 21.6. The number of carbonyl (C=O) groups excluding carboxylic acids is 1. The molecule has 8 nitrogen and oxygen atoms in total. The van der Waals surface area contributed by atoms with Gasteiger partial charge in [-0.05, 0) is 60.5 Å². The summed E-state index contributed by atoms with van der Waals surface area (Å²) in [6.45, 7) is 2.63. The molecule has 0 unspecified atom stereocenters. The smallest absolute Gasteiger partial charge is 0.330 e. The van der Waals surface area contributed by atoms with E-state index < -0.39 is 11.8 Å². The quantitative estimate of drug-likeness (QED) is 0.128. The van der Waals surface area contributed by atoms with Crippen LogP contribution in [0.15, 0.2) is 79.0 Å². The molecule has 2 heterocycles. The van der Waals surface area contributed by atoms with Crippen LogP contribution in [-0.2, 0) is 16.0 Å². The van der Waals surface area contributed by atoms with E-state index in [0.29, 0.717) is 37.0 Å². The van der Waals surface area contributed by atoms with Gasteiger partial charge in [-0.3, -0.25) is 0 Å². The second-order valence-corrected chi connectivity index (χ2v) is 9.21. The average Bonchev–Trinajstić information content (AvgIpc) is 3.37. The predicted octanol–water partition coefficient (Wildman–Crippen LogP) is 6.79. The van der Waals surface area contributed by atoms with Gasteiger partial charge in [-0.25, -0.2) is 19.2 Å². The van der Waals surface area contributed by atoms with E-state index in [9.17, 15) is 9.18 Å². The number of nitrogens with one attached hydrogen (secondary N) is 3. The maximum absolute atomic E-state index is 13.6. The van der Waals surface area contributed by atoms with Crippen LogP contribution in [0.3, 0.4) is 0 Å². The number of para-hydroxylation sites is 2. The number of hydrogen-bond donors (Lipinski definition) is 3. The number of ether oxygens (including phenoxy) is 1. The minimum Gasteiger partial charge on any atom is -0.463 e. The molecule has 202 valence electrons. The molecule has 10 heteroatoms. The number of rotatable bonds is 10. The highest BCUT2D eigenvalue weighted by Crippen LogP contribution is 2.29. The predicted molar refractivity (Wildman–Crippen MR) is 156 cm³/mol. The number of benzene rings is 3. The Morgan fingerprint density at radius 2 is 1.98 bits per heavy atom. The van der Waals surface area contributed by atoms with Gasteiger partial charge in [0.05, 0.1) is 22.7 Å². The third kappa shape index (κ3) is 6.62. The number of aromatic amines is 1. The van der Waals surface area contributed by atoms with Crippen molar-refractivity contribution in [1.29, 1.82) is 0 Å². The highest BCUT2D eigenvalue weighted by Gasteiger charge is 2.12. The minimum absolute atomic E-state index is 0.00140. The molecule has 2 aromatic heterocycles. The molecule has 0 fully saturated rings. The fourth-order valence-corrected chi connectivity index (χ4v) is 4.26. The summed E-state index contributed by atoms with van der Waals surface area (Å²) in [5.41, 5.74) is 4.89. The molecule has 0 bridgehead atoms. The first-order valence-electron chi connectivity index (χ1n) is 12.7. The zero-order valence-corrected chi connectivity index (χ0v) is 22.4. The van der Waals surface area contributed by atoms with Crippen molar-refractivity contribution in [1.82, 2.24) is 19.9 Å². The Labute approximate surface area is 235 Å².